The molecule has 150 valence electrons. The van der Waals surface area contributed by atoms with E-state index in [1.807, 2.05) is 19.1 Å². The zero-order valence-corrected chi connectivity index (χ0v) is 17.8. The molecule has 1 fully saturated rings. The maximum atomic E-state index is 10.9. The van der Waals surface area contributed by atoms with E-state index in [2.05, 4.69) is 33.9 Å². The Morgan fingerprint density at radius 1 is 1.15 bits per heavy atom. The smallest absolute Gasteiger partial charge is 0.123 e. The fraction of sp³-hybridized carbons (Fsp3) is 0.600. The zero-order chi connectivity index (χ0) is 20.2. The summed E-state index contributed by atoms with van der Waals surface area (Å²) in [4.78, 5) is 0. The summed E-state index contributed by atoms with van der Waals surface area (Å²) in [7, 11) is 0. The van der Waals surface area contributed by atoms with Crippen LogP contribution in [0.4, 0.5) is 0 Å². The van der Waals surface area contributed by atoms with Crippen LogP contribution in [0.5, 0.6) is 11.5 Å². The highest BCUT2D eigenvalue weighted by Gasteiger charge is 2.33. The van der Waals surface area contributed by atoms with Gasteiger partial charge in [0.2, 0.25) is 0 Å². The first-order valence-corrected chi connectivity index (χ1v) is 10.6. The molecule has 1 saturated carbocycles. The van der Waals surface area contributed by atoms with Crippen LogP contribution in [0.25, 0.3) is 0 Å². The molecule has 0 radical (unpaired) electrons. The fourth-order valence-electron chi connectivity index (χ4n) is 4.54. The molecule has 0 bridgehead atoms. The van der Waals surface area contributed by atoms with Crippen LogP contribution in [0.1, 0.15) is 96.1 Å². The quantitative estimate of drug-likeness (QED) is 0.370. The molecule has 2 N–H and O–H groups in total. The van der Waals surface area contributed by atoms with Crippen LogP contribution in [0.2, 0.25) is 0 Å². The maximum Gasteiger partial charge on any atom is 0.123 e. The lowest BCUT2D eigenvalue weighted by Crippen LogP contribution is -2.21. The van der Waals surface area contributed by atoms with Crippen molar-refractivity contribution in [3.05, 3.63) is 47.6 Å². The second kappa shape index (κ2) is 8.99. The topological polar surface area (TPSA) is 40.5 Å². The van der Waals surface area contributed by atoms with Crippen molar-refractivity contribution in [1.82, 2.24) is 0 Å². The van der Waals surface area contributed by atoms with Gasteiger partial charge in [-0.25, -0.2) is 0 Å². The summed E-state index contributed by atoms with van der Waals surface area (Å²) in [5.41, 5.74) is 3.93. The largest absolute Gasteiger partial charge is 0.508 e. The first-order chi connectivity index (χ1) is 12.7. The first kappa shape index (κ1) is 21.6. The summed E-state index contributed by atoms with van der Waals surface area (Å²) in [6.07, 6.45) is 8.75. The standard InChI is InChI=1S/C25H38O2/c1-7-8-9-10-13-25(5,6)19-15-22(26)24(23(27)16-19)21-14-18(4)11-12-20(21)17(2)3/h15-16,20-21,26-27H,2,4,7-14H2,1,3,5-6H3/t20-,21+/m1/s1. The molecule has 2 heteroatoms. The highest BCUT2D eigenvalue weighted by Crippen LogP contribution is 2.49. The molecule has 1 aliphatic carbocycles. The SMILES string of the molecule is C=C1CC[C@H](C(=C)C)[C@@H](c2c(O)cc(C(C)(C)CCCCCC)cc2O)C1. The van der Waals surface area contributed by atoms with Gasteiger partial charge in [0.05, 0.1) is 0 Å². The van der Waals surface area contributed by atoms with Gasteiger partial charge in [-0.1, -0.05) is 70.8 Å². The van der Waals surface area contributed by atoms with Crippen molar-refractivity contribution in [2.24, 2.45) is 5.92 Å². The average Bonchev–Trinajstić information content (AvgIpc) is 2.58. The van der Waals surface area contributed by atoms with Crippen molar-refractivity contribution < 1.29 is 10.2 Å². The molecule has 2 atom stereocenters. The lowest BCUT2D eigenvalue weighted by atomic mass is 9.70. The Morgan fingerprint density at radius 2 is 1.78 bits per heavy atom. The molecule has 0 unspecified atom stereocenters. The summed E-state index contributed by atoms with van der Waals surface area (Å²) in [5.74, 6) is 0.779. The van der Waals surface area contributed by atoms with Gasteiger partial charge in [-0.15, -0.1) is 0 Å². The summed E-state index contributed by atoms with van der Waals surface area (Å²) in [6.45, 7) is 17.0. The minimum atomic E-state index is -0.0643. The number of rotatable bonds is 8. The molecule has 0 saturated heterocycles. The molecule has 1 aromatic rings. The molecule has 1 aliphatic rings. The van der Waals surface area contributed by atoms with Crippen LogP contribution in [0.3, 0.4) is 0 Å². The van der Waals surface area contributed by atoms with Gasteiger partial charge in [-0.05, 0) is 61.6 Å². The number of benzene rings is 1. The van der Waals surface area contributed by atoms with Gasteiger partial charge < -0.3 is 10.2 Å². The third-order valence-electron chi connectivity index (χ3n) is 6.38. The van der Waals surface area contributed by atoms with Crippen molar-refractivity contribution >= 4 is 0 Å². The van der Waals surface area contributed by atoms with Gasteiger partial charge in [0.25, 0.3) is 0 Å². The van der Waals surface area contributed by atoms with Crippen LogP contribution in [0, 0.1) is 5.92 Å². The molecule has 2 rings (SSSR count). The molecule has 0 amide bonds. The molecule has 0 spiro atoms. The molecule has 1 aromatic carbocycles. The number of allylic oxidation sites excluding steroid dienone is 2. The van der Waals surface area contributed by atoms with Crippen LogP contribution in [-0.2, 0) is 5.41 Å². The average molecular weight is 371 g/mol. The Hall–Kier alpha value is -1.70. The third-order valence-corrected chi connectivity index (χ3v) is 6.38. The lowest BCUT2D eigenvalue weighted by molar-refractivity contribution is 0.362. The number of hydrogen-bond donors (Lipinski definition) is 2. The maximum absolute atomic E-state index is 10.9. The molecular formula is C25H38O2. The van der Waals surface area contributed by atoms with Crippen molar-refractivity contribution in [3.8, 4) is 11.5 Å². The van der Waals surface area contributed by atoms with Crippen molar-refractivity contribution in [2.75, 3.05) is 0 Å². The minimum absolute atomic E-state index is 0.0606. The van der Waals surface area contributed by atoms with E-state index >= 15 is 0 Å². The summed E-state index contributed by atoms with van der Waals surface area (Å²) in [5, 5.41) is 21.7. The lowest BCUT2D eigenvalue weighted by Gasteiger charge is -2.35. The second-order valence-corrected chi connectivity index (χ2v) is 9.17. The van der Waals surface area contributed by atoms with E-state index in [1.54, 1.807) is 0 Å². The highest BCUT2D eigenvalue weighted by atomic mass is 16.3. The molecule has 0 heterocycles. The van der Waals surface area contributed by atoms with E-state index in [1.165, 1.54) is 31.3 Å². The van der Waals surface area contributed by atoms with Crippen LogP contribution in [-0.4, -0.2) is 10.2 Å². The van der Waals surface area contributed by atoms with Crippen LogP contribution >= 0.6 is 0 Å². The van der Waals surface area contributed by atoms with E-state index in [0.717, 1.165) is 36.8 Å². The number of phenolic OH excluding ortho intramolecular Hbond substituents is 2. The van der Waals surface area contributed by atoms with E-state index in [4.69, 9.17) is 0 Å². The zero-order valence-electron chi connectivity index (χ0n) is 17.8. The van der Waals surface area contributed by atoms with Gasteiger partial charge in [0.1, 0.15) is 11.5 Å². The highest BCUT2D eigenvalue weighted by molar-refractivity contribution is 5.51. The Kier molecular flexibility index (Phi) is 7.19. The third kappa shape index (κ3) is 5.18. The van der Waals surface area contributed by atoms with Gasteiger partial charge >= 0.3 is 0 Å². The fourth-order valence-corrected chi connectivity index (χ4v) is 4.54. The normalized spacial score (nSPS) is 20.7. The number of aromatic hydroxyl groups is 2. The van der Waals surface area contributed by atoms with E-state index in [-0.39, 0.29) is 28.7 Å². The van der Waals surface area contributed by atoms with E-state index in [0.29, 0.717) is 5.56 Å². The molecular weight excluding hydrogens is 332 g/mol. The summed E-state index contributed by atoms with van der Waals surface area (Å²) >= 11 is 0. The number of unbranched alkanes of at least 4 members (excludes halogenated alkanes) is 3. The molecule has 27 heavy (non-hydrogen) atoms. The van der Waals surface area contributed by atoms with Crippen LogP contribution < -0.4 is 0 Å². The minimum Gasteiger partial charge on any atom is -0.508 e. The van der Waals surface area contributed by atoms with Crippen molar-refractivity contribution in [1.29, 1.82) is 0 Å². The number of phenols is 2. The Balaban J connectivity index is 2.30. The predicted molar refractivity (Wildman–Crippen MR) is 116 cm³/mol. The van der Waals surface area contributed by atoms with Gasteiger partial charge in [0, 0.05) is 11.5 Å². The van der Waals surface area contributed by atoms with E-state index in [9.17, 15) is 10.2 Å². The summed E-state index contributed by atoms with van der Waals surface area (Å²) in [6, 6.07) is 3.75. The number of hydrogen-bond acceptors (Lipinski definition) is 2. The predicted octanol–water partition coefficient (Wildman–Crippen LogP) is 7.36. The Labute approximate surface area is 166 Å². The molecule has 2 nitrogen and oxygen atoms in total. The van der Waals surface area contributed by atoms with Gasteiger partial charge in [-0.3, -0.25) is 0 Å². The Bertz CT molecular complexity index is 661. The molecule has 0 aliphatic heterocycles. The van der Waals surface area contributed by atoms with Crippen molar-refractivity contribution in [2.45, 2.75) is 90.4 Å². The Morgan fingerprint density at radius 3 is 2.33 bits per heavy atom. The second-order valence-electron chi connectivity index (χ2n) is 9.17. The molecule has 0 aromatic heterocycles. The van der Waals surface area contributed by atoms with E-state index < -0.39 is 0 Å². The summed E-state index contributed by atoms with van der Waals surface area (Å²) < 4.78 is 0. The van der Waals surface area contributed by atoms with Gasteiger partial charge in [0.15, 0.2) is 0 Å². The van der Waals surface area contributed by atoms with Gasteiger partial charge in [-0.2, -0.15) is 0 Å². The monoisotopic (exact) mass is 370 g/mol. The first-order valence-electron chi connectivity index (χ1n) is 10.6. The van der Waals surface area contributed by atoms with Crippen LogP contribution in [0.15, 0.2) is 36.4 Å². The van der Waals surface area contributed by atoms with Crippen molar-refractivity contribution in [3.63, 3.8) is 0 Å².